The average Bonchev–Trinajstić information content (AvgIpc) is 2.82. The second kappa shape index (κ2) is 8.00. The van der Waals surface area contributed by atoms with Crippen LogP contribution in [-0.2, 0) is 4.79 Å². The van der Waals surface area contributed by atoms with E-state index in [0.29, 0.717) is 11.2 Å². The number of hydrogen-bond acceptors (Lipinski definition) is 4. The van der Waals surface area contributed by atoms with Gasteiger partial charge in [0.25, 0.3) is 0 Å². The highest BCUT2D eigenvalue weighted by molar-refractivity contribution is 6.23. The number of nitrogens with one attached hydrogen (secondary N) is 1. The molecule has 21 heavy (non-hydrogen) atoms. The summed E-state index contributed by atoms with van der Waals surface area (Å²) < 4.78 is 0. The highest BCUT2D eigenvalue weighted by Crippen LogP contribution is 2.19. The smallest absolute Gasteiger partial charge is 0.165 e. The molecule has 0 atom stereocenters. The summed E-state index contributed by atoms with van der Waals surface area (Å²) in [6.07, 6.45) is 8.52. The predicted molar refractivity (Wildman–Crippen MR) is 86.6 cm³/mol. The fourth-order valence-corrected chi connectivity index (χ4v) is 0.960. The molecule has 0 fully saturated rings. The van der Waals surface area contributed by atoms with Crippen LogP contribution in [0.1, 0.15) is 34.1 Å². The molecule has 4 nitrogen and oxygen atoms in total. The van der Waals surface area contributed by atoms with E-state index in [9.17, 15) is 4.79 Å². The number of aldehydes is 1. The summed E-state index contributed by atoms with van der Waals surface area (Å²) in [6, 6.07) is 0. The van der Waals surface area contributed by atoms with Gasteiger partial charge in [-0.3, -0.25) is 4.79 Å². The average molecular weight is 289 g/mol. The number of rotatable bonds is 4. The van der Waals surface area contributed by atoms with Gasteiger partial charge in [0.15, 0.2) is 6.29 Å². The van der Waals surface area contributed by atoms with Gasteiger partial charge in [0.05, 0.1) is 16.9 Å². The molecule has 0 aromatic heterocycles. The number of carbonyl (C=O) groups is 1. The van der Waals surface area contributed by atoms with Crippen molar-refractivity contribution in [3.05, 3.63) is 47.7 Å². The number of allylic oxidation sites excluding steroid dienone is 6. The summed E-state index contributed by atoms with van der Waals surface area (Å²) in [5, 5.41) is 21.1. The molecule has 2 radical (unpaired) electrons. The van der Waals surface area contributed by atoms with Crippen molar-refractivity contribution in [2.24, 2.45) is 0 Å². The Bertz CT molecular complexity index is 451. The zero-order valence-corrected chi connectivity index (χ0v) is 13.2. The van der Waals surface area contributed by atoms with Gasteiger partial charge in [-0.15, -0.1) is 0 Å². The Labute approximate surface area is 128 Å². The summed E-state index contributed by atoms with van der Waals surface area (Å²) in [6.45, 7) is 9.83. The summed E-state index contributed by atoms with van der Waals surface area (Å²) in [4.78, 5) is 10.3. The first kappa shape index (κ1) is 19.4. The van der Waals surface area contributed by atoms with Crippen LogP contribution in [0, 0.1) is 0 Å². The third-order valence-electron chi connectivity index (χ3n) is 3.18. The topological polar surface area (TPSA) is 69.6 Å². The van der Waals surface area contributed by atoms with Gasteiger partial charge in [-0.25, -0.2) is 0 Å². The van der Waals surface area contributed by atoms with E-state index in [1.165, 1.54) is 0 Å². The first-order chi connectivity index (χ1) is 9.51. The van der Waals surface area contributed by atoms with Crippen molar-refractivity contribution in [1.82, 2.24) is 5.32 Å². The molecule has 0 saturated carbocycles. The zero-order chi connectivity index (χ0) is 16.7. The van der Waals surface area contributed by atoms with Crippen molar-refractivity contribution in [3.63, 3.8) is 0 Å². The Morgan fingerprint density at radius 1 is 1.33 bits per heavy atom. The van der Waals surface area contributed by atoms with Gasteiger partial charge in [-0.2, -0.15) is 0 Å². The van der Waals surface area contributed by atoms with Crippen LogP contribution in [0.3, 0.4) is 0 Å². The molecule has 0 aliphatic carbocycles. The highest BCUT2D eigenvalue weighted by atomic mass is 16.3. The van der Waals surface area contributed by atoms with Gasteiger partial charge in [0.1, 0.15) is 7.85 Å². The molecule has 5 heteroatoms. The summed E-state index contributed by atoms with van der Waals surface area (Å²) in [5.74, 6) is 0. The second-order valence-electron chi connectivity index (χ2n) is 5.79. The summed E-state index contributed by atoms with van der Waals surface area (Å²) >= 11 is 0. The monoisotopic (exact) mass is 289 g/mol. The third kappa shape index (κ3) is 7.68. The molecule has 0 unspecified atom stereocenters. The molecule has 3 N–H and O–H groups in total. The van der Waals surface area contributed by atoms with Crippen LogP contribution in [0.2, 0.25) is 0 Å². The maximum atomic E-state index is 10.3. The minimum Gasteiger partial charge on any atom is -0.387 e. The zero-order valence-electron chi connectivity index (χ0n) is 13.2. The minimum absolute atomic E-state index is 0.605. The molecule has 0 spiro atoms. The second-order valence-corrected chi connectivity index (χ2v) is 5.79. The predicted octanol–water partition coefficient (Wildman–Crippen LogP) is 1.71. The van der Waals surface area contributed by atoms with Crippen LogP contribution in [-0.4, -0.2) is 35.5 Å². The van der Waals surface area contributed by atoms with Crippen LogP contribution in [0.5, 0.6) is 0 Å². The molecular weight excluding hydrogens is 265 g/mol. The standard InChI is InChI=1S/C10H10BNO.C6H14O2/c1-2-8(11)3-4-9-5-6-10(7-13)12-9;1-5(2,7)6(3,4)8/h2-4,6-7,12H,1,5H2;7-8H,1-4H3/b8-3+,9-4+;. The number of aliphatic hydroxyl groups is 2. The number of carbonyl (C=O) groups excluding carboxylic acids is 1. The van der Waals surface area contributed by atoms with Crippen molar-refractivity contribution in [2.75, 3.05) is 0 Å². The SMILES string of the molecule is CC(C)(O)C(C)(C)O.[B]/C(C=C)=C/C=C1\CC=C(C=O)N1. The molecule has 1 heterocycles. The number of hydrogen-bond donors (Lipinski definition) is 3. The van der Waals surface area contributed by atoms with E-state index < -0.39 is 11.2 Å². The Hall–Kier alpha value is -1.59. The molecule has 1 aliphatic rings. The molecule has 0 aromatic rings. The lowest BCUT2D eigenvalue weighted by atomic mass is 9.90. The van der Waals surface area contributed by atoms with E-state index in [4.69, 9.17) is 18.1 Å². The van der Waals surface area contributed by atoms with Crippen molar-refractivity contribution in [3.8, 4) is 0 Å². The van der Waals surface area contributed by atoms with Crippen molar-refractivity contribution >= 4 is 14.1 Å². The molecule has 1 aliphatic heterocycles. The maximum absolute atomic E-state index is 10.3. The van der Waals surface area contributed by atoms with Crippen LogP contribution in [0.25, 0.3) is 0 Å². The molecule has 0 aromatic carbocycles. The van der Waals surface area contributed by atoms with E-state index in [1.807, 2.05) is 12.2 Å². The van der Waals surface area contributed by atoms with Gasteiger partial charge in [0.2, 0.25) is 0 Å². The van der Waals surface area contributed by atoms with E-state index in [2.05, 4.69) is 11.9 Å². The third-order valence-corrected chi connectivity index (χ3v) is 3.18. The van der Waals surface area contributed by atoms with Crippen molar-refractivity contribution in [1.29, 1.82) is 0 Å². The maximum Gasteiger partial charge on any atom is 0.165 e. The van der Waals surface area contributed by atoms with Crippen LogP contribution in [0.15, 0.2) is 47.7 Å². The van der Waals surface area contributed by atoms with Crippen LogP contribution < -0.4 is 5.32 Å². The molecule has 0 amide bonds. The van der Waals surface area contributed by atoms with Gasteiger partial charge in [-0.1, -0.05) is 30.3 Å². The quantitative estimate of drug-likeness (QED) is 0.419. The molecular formula is C16H24BNO3. The first-order valence-corrected chi connectivity index (χ1v) is 6.67. The Balaban J connectivity index is 0.000000433. The summed E-state index contributed by atoms with van der Waals surface area (Å²) in [5.41, 5.74) is 0.164. The Morgan fingerprint density at radius 3 is 2.19 bits per heavy atom. The lowest BCUT2D eigenvalue weighted by Gasteiger charge is -2.31. The molecule has 114 valence electrons. The van der Waals surface area contributed by atoms with Crippen molar-refractivity contribution in [2.45, 2.75) is 45.3 Å². The van der Waals surface area contributed by atoms with Crippen LogP contribution >= 0.6 is 0 Å². The molecule has 0 bridgehead atoms. The summed E-state index contributed by atoms with van der Waals surface area (Å²) in [7, 11) is 5.50. The molecule has 1 rings (SSSR count). The Kier molecular flexibility index (Phi) is 7.40. The Morgan fingerprint density at radius 2 is 1.86 bits per heavy atom. The van der Waals surface area contributed by atoms with Gasteiger partial charge in [0, 0.05) is 12.1 Å². The van der Waals surface area contributed by atoms with E-state index in [1.54, 1.807) is 39.8 Å². The molecule has 0 saturated heterocycles. The van der Waals surface area contributed by atoms with Crippen molar-refractivity contribution < 1.29 is 15.0 Å². The van der Waals surface area contributed by atoms with Gasteiger partial charge >= 0.3 is 0 Å². The fourth-order valence-electron chi connectivity index (χ4n) is 0.960. The lowest BCUT2D eigenvalue weighted by Crippen LogP contribution is -2.44. The van der Waals surface area contributed by atoms with Crippen LogP contribution in [0.4, 0.5) is 0 Å². The first-order valence-electron chi connectivity index (χ1n) is 6.67. The van der Waals surface area contributed by atoms with E-state index >= 15 is 0 Å². The normalized spacial score (nSPS) is 17.5. The lowest BCUT2D eigenvalue weighted by molar-refractivity contribution is -0.107. The van der Waals surface area contributed by atoms with Gasteiger partial charge in [-0.05, 0) is 33.8 Å². The van der Waals surface area contributed by atoms with E-state index in [0.717, 1.165) is 18.4 Å². The fraction of sp³-hybridized carbons (Fsp3) is 0.438. The van der Waals surface area contributed by atoms with E-state index in [-0.39, 0.29) is 0 Å². The minimum atomic E-state index is -1.01. The highest BCUT2D eigenvalue weighted by Gasteiger charge is 2.31. The van der Waals surface area contributed by atoms with Gasteiger partial charge < -0.3 is 15.5 Å². The largest absolute Gasteiger partial charge is 0.387 e.